The highest BCUT2D eigenvalue weighted by Gasteiger charge is 2.26. The van der Waals surface area contributed by atoms with Gasteiger partial charge in [0, 0.05) is 37.6 Å². The summed E-state index contributed by atoms with van der Waals surface area (Å²) in [6.45, 7) is 2.85. The van der Waals surface area contributed by atoms with Crippen LogP contribution in [0.15, 0.2) is 60.7 Å². The van der Waals surface area contributed by atoms with E-state index in [0.29, 0.717) is 37.2 Å². The molecule has 2 heterocycles. The van der Waals surface area contributed by atoms with Crippen molar-refractivity contribution in [3.05, 3.63) is 83.6 Å². The maximum atomic E-state index is 13.8. The van der Waals surface area contributed by atoms with Gasteiger partial charge in [0.05, 0.1) is 17.0 Å². The molecule has 0 unspecified atom stereocenters. The van der Waals surface area contributed by atoms with Gasteiger partial charge in [-0.25, -0.2) is 8.78 Å². The number of amides is 1. The average molecular weight is 408 g/mol. The van der Waals surface area contributed by atoms with Crippen molar-refractivity contribution in [2.45, 2.75) is 25.9 Å². The van der Waals surface area contributed by atoms with E-state index < -0.39 is 11.6 Å². The highest BCUT2D eigenvalue weighted by molar-refractivity contribution is 5.95. The van der Waals surface area contributed by atoms with Gasteiger partial charge in [0.25, 0.3) is 5.91 Å². The topological polar surface area (TPSA) is 42.4 Å². The van der Waals surface area contributed by atoms with E-state index in [2.05, 4.69) is 4.98 Å². The first-order valence-corrected chi connectivity index (χ1v) is 9.95. The van der Waals surface area contributed by atoms with Crippen LogP contribution in [-0.2, 0) is 0 Å². The molecule has 1 aromatic heterocycles. The number of rotatable bonds is 4. The minimum absolute atomic E-state index is 0.0396. The first kappa shape index (κ1) is 20.0. The summed E-state index contributed by atoms with van der Waals surface area (Å²) in [5.41, 5.74) is 3.11. The number of carbonyl (C=O) groups excluding carboxylic acids is 1. The lowest BCUT2D eigenvalue weighted by Crippen LogP contribution is -2.42. The standard InChI is InChI=1S/C24H22F2N2O2/c1-16-20(8-9-22(27-16)17-5-3-2-4-6-17)24(29)28-13-11-19(12-14-28)30-23-10-7-18(25)15-21(23)26/h2-10,15,19H,11-14H2,1H3. The molecule has 0 atom stereocenters. The zero-order valence-corrected chi connectivity index (χ0v) is 16.6. The van der Waals surface area contributed by atoms with Crippen LogP contribution in [0.1, 0.15) is 28.9 Å². The summed E-state index contributed by atoms with van der Waals surface area (Å²) >= 11 is 0. The smallest absolute Gasteiger partial charge is 0.255 e. The lowest BCUT2D eigenvalue weighted by atomic mass is 10.0. The lowest BCUT2D eigenvalue weighted by molar-refractivity contribution is 0.0587. The normalized spacial score (nSPS) is 14.6. The molecular formula is C24H22F2N2O2. The van der Waals surface area contributed by atoms with Crippen molar-refractivity contribution in [1.82, 2.24) is 9.88 Å². The Bertz CT molecular complexity index is 1050. The predicted octanol–water partition coefficient (Wildman–Crippen LogP) is 5.02. The van der Waals surface area contributed by atoms with E-state index in [1.807, 2.05) is 49.4 Å². The molecule has 1 saturated heterocycles. The Morgan fingerprint density at radius 3 is 2.43 bits per heavy atom. The lowest BCUT2D eigenvalue weighted by Gasteiger charge is -2.32. The second kappa shape index (κ2) is 8.61. The van der Waals surface area contributed by atoms with Gasteiger partial charge in [-0.1, -0.05) is 30.3 Å². The molecule has 3 aromatic rings. The van der Waals surface area contributed by atoms with Crippen molar-refractivity contribution in [1.29, 1.82) is 0 Å². The van der Waals surface area contributed by atoms with Crippen LogP contribution in [-0.4, -0.2) is 35.0 Å². The molecule has 30 heavy (non-hydrogen) atoms. The van der Waals surface area contributed by atoms with Crippen LogP contribution in [0.5, 0.6) is 5.75 Å². The maximum absolute atomic E-state index is 13.8. The number of benzene rings is 2. The summed E-state index contributed by atoms with van der Waals surface area (Å²) in [6.07, 6.45) is 0.947. The molecule has 1 aliphatic rings. The van der Waals surface area contributed by atoms with Crippen LogP contribution < -0.4 is 4.74 Å². The predicted molar refractivity (Wildman–Crippen MR) is 110 cm³/mol. The molecule has 154 valence electrons. The highest BCUT2D eigenvalue weighted by atomic mass is 19.1. The van der Waals surface area contributed by atoms with E-state index in [1.54, 1.807) is 4.90 Å². The number of likely N-dealkylation sites (tertiary alicyclic amines) is 1. The minimum atomic E-state index is -0.714. The van der Waals surface area contributed by atoms with Crippen molar-refractivity contribution in [3.63, 3.8) is 0 Å². The first-order valence-electron chi connectivity index (χ1n) is 9.95. The quantitative estimate of drug-likeness (QED) is 0.609. The van der Waals surface area contributed by atoms with Crippen LogP contribution in [0.4, 0.5) is 8.78 Å². The number of nitrogens with zero attached hydrogens (tertiary/aromatic N) is 2. The molecule has 4 rings (SSSR count). The molecule has 1 aliphatic heterocycles. The third-order valence-electron chi connectivity index (χ3n) is 5.30. The molecule has 0 spiro atoms. The van der Waals surface area contributed by atoms with Gasteiger partial charge in [-0.2, -0.15) is 0 Å². The zero-order chi connectivity index (χ0) is 21.1. The number of aromatic nitrogens is 1. The van der Waals surface area contributed by atoms with Crippen molar-refractivity contribution in [2.75, 3.05) is 13.1 Å². The Morgan fingerprint density at radius 1 is 1.03 bits per heavy atom. The molecule has 1 amide bonds. The molecule has 0 N–H and O–H groups in total. The van der Waals surface area contributed by atoms with E-state index in [9.17, 15) is 13.6 Å². The third kappa shape index (κ3) is 4.32. The first-order chi connectivity index (χ1) is 14.5. The Hall–Kier alpha value is -3.28. The van der Waals surface area contributed by atoms with E-state index in [1.165, 1.54) is 12.1 Å². The van der Waals surface area contributed by atoms with Crippen molar-refractivity contribution in [3.8, 4) is 17.0 Å². The van der Waals surface area contributed by atoms with Crippen molar-refractivity contribution >= 4 is 5.91 Å². The van der Waals surface area contributed by atoms with Crippen LogP contribution in [0.25, 0.3) is 11.3 Å². The van der Waals surface area contributed by atoms with Crippen LogP contribution in [0.3, 0.4) is 0 Å². The van der Waals surface area contributed by atoms with Gasteiger partial charge in [0.15, 0.2) is 11.6 Å². The molecule has 0 radical (unpaired) electrons. The maximum Gasteiger partial charge on any atom is 0.255 e. The average Bonchev–Trinajstić information content (AvgIpc) is 2.76. The molecule has 2 aromatic carbocycles. The number of hydrogen-bond donors (Lipinski definition) is 0. The Balaban J connectivity index is 1.39. The molecule has 4 nitrogen and oxygen atoms in total. The van der Waals surface area contributed by atoms with Gasteiger partial charge in [0.2, 0.25) is 0 Å². The van der Waals surface area contributed by atoms with E-state index >= 15 is 0 Å². The molecule has 0 aliphatic carbocycles. The van der Waals surface area contributed by atoms with Crippen LogP contribution in [0, 0.1) is 18.6 Å². The number of ether oxygens (including phenoxy) is 1. The molecule has 0 bridgehead atoms. The van der Waals surface area contributed by atoms with Crippen LogP contribution >= 0.6 is 0 Å². The number of aryl methyl sites for hydroxylation is 1. The number of piperidine rings is 1. The monoisotopic (exact) mass is 408 g/mol. The molecular weight excluding hydrogens is 386 g/mol. The van der Waals surface area contributed by atoms with Gasteiger partial charge in [-0.3, -0.25) is 9.78 Å². The minimum Gasteiger partial charge on any atom is -0.487 e. The fraction of sp³-hybridized carbons (Fsp3) is 0.250. The fourth-order valence-electron chi connectivity index (χ4n) is 3.65. The van der Waals surface area contributed by atoms with E-state index in [-0.39, 0.29) is 17.8 Å². The van der Waals surface area contributed by atoms with Crippen molar-refractivity contribution in [2.24, 2.45) is 0 Å². The molecule has 0 saturated carbocycles. The molecule has 1 fully saturated rings. The number of hydrogen-bond acceptors (Lipinski definition) is 3. The second-order valence-electron chi connectivity index (χ2n) is 7.38. The second-order valence-corrected chi connectivity index (χ2v) is 7.38. The van der Waals surface area contributed by atoms with Gasteiger partial charge >= 0.3 is 0 Å². The summed E-state index contributed by atoms with van der Waals surface area (Å²) in [4.78, 5) is 19.3. The number of carbonyl (C=O) groups is 1. The van der Waals surface area contributed by atoms with Crippen LogP contribution in [0.2, 0.25) is 0 Å². The molecule has 6 heteroatoms. The highest BCUT2D eigenvalue weighted by Crippen LogP contribution is 2.24. The van der Waals surface area contributed by atoms with E-state index in [0.717, 1.165) is 17.3 Å². The van der Waals surface area contributed by atoms with E-state index in [4.69, 9.17) is 4.74 Å². The van der Waals surface area contributed by atoms with Gasteiger partial charge in [-0.15, -0.1) is 0 Å². The number of pyridine rings is 1. The Morgan fingerprint density at radius 2 is 1.77 bits per heavy atom. The Kier molecular flexibility index (Phi) is 5.74. The SMILES string of the molecule is Cc1nc(-c2ccccc2)ccc1C(=O)N1CCC(Oc2ccc(F)cc2F)CC1. The summed E-state index contributed by atoms with van der Waals surface area (Å²) in [7, 11) is 0. The van der Waals surface area contributed by atoms with Crippen molar-refractivity contribution < 1.29 is 18.3 Å². The van der Waals surface area contributed by atoms with Gasteiger partial charge in [0.1, 0.15) is 11.9 Å². The third-order valence-corrected chi connectivity index (χ3v) is 5.30. The summed E-state index contributed by atoms with van der Waals surface area (Å²) in [5, 5.41) is 0. The Labute approximate surface area is 174 Å². The summed E-state index contributed by atoms with van der Waals surface area (Å²) in [6, 6.07) is 16.8. The largest absolute Gasteiger partial charge is 0.487 e. The van der Waals surface area contributed by atoms with Gasteiger partial charge < -0.3 is 9.64 Å². The zero-order valence-electron chi connectivity index (χ0n) is 16.6. The fourth-order valence-corrected chi connectivity index (χ4v) is 3.65. The summed E-state index contributed by atoms with van der Waals surface area (Å²) in [5.74, 6) is -1.38. The summed E-state index contributed by atoms with van der Waals surface area (Å²) < 4.78 is 32.5. The number of halogens is 2. The van der Waals surface area contributed by atoms with Gasteiger partial charge in [-0.05, 0) is 31.2 Å².